The molecule has 2 aliphatic heterocycles. The normalized spacial score (nSPS) is 28.0. The first-order valence-electron chi connectivity index (χ1n) is 9.63. The summed E-state index contributed by atoms with van der Waals surface area (Å²) in [5.41, 5.74) is 1.07. The van der Waals surface area contributed by atoms with Gasteiger partial charge in [-0.2, -0.15) is 0 Å². The molecule has 0 spiro atoms. The molecule has 1 N–H and O–H groups in total. The second kappa shape index (κ2) is 7.45. The molecule has 0 aliphatic carbocycles. The van der Waals surface area contributed by atoms with Crippen LogP contribution in [0.2, 0.25) is 0 Å². The molecule has 2 aromatic rings. The number of methoxy groups -OCH3 is 1. The van der Waals surface area contributed by atoms with Crippen LogP contribution in [0.25, 0.3) is 6.08 Å². The van der Waals surface area contributed by atoms with E-state index in [-0.39, 0.29) is 5.82 Å². The van der Waals surface area contributed by atoms with Crippen molar-refractivity contribution >= 4 is 6.08 Å². The minimum absolute atomic E-state index is 0.260. The van der Waals surface area contributed by atoms with Crippen LogP contribution in [0.1, 0.15) is 36.8 Å². The molecule has 1 unspecified atom stereocenters. The third-order valence-electron chi connectivity index (χ3n) is 6.05. The Balaban J connectivity index is 1.45. The first-order valence-corrected chi connectivity index (χ1v) is 9.63. The molecule has 142 valence electrons. The van der Waals surface area contributed by atoms with Crippen molar-refractivity contribution in [2.45, 2.75) is 43.4 Å². The molecule has 3 atom stereocenters. The van der Waals surface area contributed by atoms with E-state index in [0.29, 0.717) is 24.9 Å². The number of piperidine rings is 1. The summed E-state index contributed by atoms with van der Waals surface area (Å²) in [6.07, 6.45) is 7.92. The molecule has 27 heavy (non-hydrogen) atoms. The number of benzene rings is 2. The zero-order valence-electron chi connectivity index (χ0n) is 15.6. The molecule has 2 aliphatic rings. The highest BCUT2D eigenvalue weighted by molar-refractivity contribution is 5.57. The summed E-state index contributed by atoms with van der Waals surface area (Å²) in [7, 11) is 1.69. The van der Waals surface area contributed by atoms with E-state index in [1.807, 2.05) is 24.3 Å². The first-order chi connectivity index (χ1) is 13.1. The summed E-state index contributed by atoms with van der Waals surface area (Å²) >= 11 is 0. The van der Waals surface area contributed by atoms with E-state index in [1.54, 1.807) is 19.2 Å². The van der Waals surface area contributed by atoms with Gasteiger partial charge in [-0.1, -0.05) is 42.5 Å². The lowest BCUT2D eigenvalue weighted by Crippen LogP contribution is -2.49. The second-order valence-corrected chi connectivity index (χ2v) is 7.67. The van der Waals surface area contributed by atoms with Crippen LogP contribution in [-0.2, 0) is 5.60 Å². The molecule has 2 heterocycles. The maximum absolute atomic E-state index is 13.2. The number of nitrogens with zero attached hydrogens (tertiary/aromatic N) is 1. The standard InChI is InChI=1S/C23H26FNO2/c1-27-22-7-3-2-5-17(22)6-4-14-25-20-12-13-21(25)16-23(26,15-20)18-8-10-19(24)11-9-18/h2-11,20-21,26H,12-16H2,1H3/b6-4+/t20-,21+,23?. The molecular formula is C23H26FNO2. The molecule has 4 rings (SSSR count). The number of aliphatic hydroxyl groups is 1. The lowest BCUT2D eigenvalue weighted by molar-refractivity contribution is -0.0535. The molecule has 3 nitrogen and oxygen atoms in total. The highest BCUT2D eigenvalue weighted by Gasteiger charge is 2.47. The third kappa shape index (κ3) is 3.64. The van der Waals surface area contributed by atoms with Gasteiger partial charge in [0, 0.05) is 24.2 Å². The number of para-hydroxylation sites is 1. The van der Waals surface area contributed by atoms with Gasteiger partial charge >= 0.3 is 0 Å². The fourth-order valence-electron chi connectivity index (χ4n) is 4.72. The Hall–Kier alpha value is -2.17. The summed E-state index contributed by atoms with van der Waals surface area (Å²) in [5.74, 6) is 0.616. The molecule has 0 aromatic heterocycles. The molecule has 2 fully saturated rings. The summed E-state index contributed by atoms with van der Waals surface area (Å²) in [4.78, 5) is 2.50. The van der Waals surface area contributed by atoms with E-state index in [1.165, 1.54) is 12.1 Å². The average Bonchev–Trinajstić information content (AvgIpc) is 2.93. The van der Waals surface area contributed by atoms with Crippen molar-refractivity contribution in [3.8, 4) is 5.75 Å². The van der Waals surface area contributed by atoms with Crippen molar-refractivity contribution < 1.29 is 14.2 Å². The first kappa shape index (κ1) is 18.2. The number of hydrogen-bond donors (Lipinski definition) is 1. The summed E-state index contributed by atoms with van der Waals surface area (Å²) in [6, 6.07) is 15.1. The fourth-order valence-corrected chi connectivity index (χ4v) is 4.72. The molecule has 0 saturated carbocycles. The Morgan fingerprint density at radius 3 is 2.44 bits per heavy atom. The average molecular weight is 367 g/mol. The van der Waals surface area contributed by atoms with Crippen LogP contribution in [-0.4, -0.2) is 35.7 Å². The van der Waals surface area contributed by atoms with Gasteiger partial charge in [0.1, 0.15) is 11.6 Å². The number of halogens is 1. The molecule has 0 amide bonds. The number of rotatable bonds is 5. The zero-order chi connectivity index (χ0) is 18.9. The van der Waals surface area contributed by atoms with Crippen molar-refractivity contribution in [2.24, 2.45) is 0 Å². The Bertz CT molecular complexity index is 803. The van der Waals surface area contributed by atoms with Gasteiger partial charge in [0.05, 0.1) is 12.7 Å². The van der Waals surface area contributed by atoms with Gasteiger partial charge < -0.3 is 9.84 Å². The van der Waals surface area contributed by atoms with Crippen LogP contribution in [0.3, 0.4) is 0 Å². The Morgan fingerprint density at radius 1 is 1.11 bits per heavy atom. The van der Waals surface area contributed by atoms with Crippen LogP contribution in [0, 0.1) is 5.82 Å². The minimum Gasteiger partial charge on any atom is -0.496 e. The van der Waals surface area contributed by atoms with E-state index in [4.69, 9.17) is 4.74 Å². The number of ether oxygens (including phenoxy) is 1. The largest absolute Gasteiger partial charge is 0.496 e. The SMILES string of the molecule is COc1ccccc1/C=C/CN1[C@@H]2CC[C@H]1CC(O)(c1ccc(F)cc1)C2. The van der Waals surface area contributed by atoms with Gasteiger partial charge in [-0.15, -0.1) is 0 Å². The highest BCUT2D eigenvalue weighted by Crippen LogP contribution is 2.45. The zero-order valence-corrected chi connectivity index (χ0v) is 15.6. The fraction of sp³-hybridized carbons (Fsp3) is 0.391. The second-order valence-electron chi connectivity index (χ2n) is 7.67. The number of fused-ring (bicyclic) bond motifs is 2. The predicted octanol–water partition coefficient (Wildman–Crippen LogP) is 4.36. The predicted molar refractivity (Wildman–Crippen MR) is 105 cm³/mol. The van der Waals surface area contributed by atoms with Crippen LogP contribution in [0.5, 0.6) is 5.75 Å². The molecular weight excluding hydrogens is 341 g/mol. The van der Waals surface area contributed by atoms with Gasteiger partial charge in [-0.05, 0) is 49.4 Å². The third-order valence-corrected chi connectivity index (χ3v) is 6.05. The van der Waals surface area contributed by atoms with Gasteiger partial charge in [0.2, 0.25) is 0 Å². The van der Waals surface area contributed by atoms with Gasteiger partial charge in [0.25, 0.3) is 0 Å². The quantitative estimate of drug-likeness (QED) is 0.852. The lowest BCUT2D eigenvalue weighted by atomic mass is 9.80. The van der Waals surface area contributed by atoms with Gasteiger partial charge in [-0.25, -0.2) is 4.39 Å². The van der Waals surface area contributed by atoms with Crippen LogP contribution in [0.4, 0.5) is 4.39 Å². The maximum atomic E-state index is 13.2. The van der Waals surface area contributed by atoms with E-state index >= 15 is 0 Å². The lowest BCUT2D eigenvalue weighted by Gasteiger charge is -2.43. The van der Waals surface area contributed by atoms with E-state index < -0.39 is 5.60 Å². The van der Waals surface area contributed by atoms with E-state index in [0.717, 1.165) is 36.3 Å². The molecule has 4 heteroatoms. The molecule has 2 bridgehead atoms. The van der Waals surface area contributed by atoms with Crippen molar-refractivity contribution in [3.05, 3.63) is 71.6 Å². The van der Waals surface area contributed by atoms with Crippen LogP contribution in [0.15, 0.2) is 54.6 Å². The summed E-state index contributed by atoms with van der Waals surface area (Å²) < 4.78 is 18.6. The minimum atomic E-state index is -0.845. The maximum Gasteiger partial charge on any atom is 0.126 e. The van der Waals surface area contributed by atoms with Crippen LogP contribution >= 0.6 is 0 Å². The smallest absolute Gasteiger partial charge is 0.126 e. The number of hydrogen-bond acceptors (Lipinski definition) is 3. The Labute approximate surface area is 160 Å². The summed E-state index contributed by atoms with van der Waals surface area (Å²) in [6.45, 7) is 0.868. The van der Waals surface area contributed by atoms with Crippen molar-refractivity contribution in [1.82, 2.24) is 4.90 Å². The van der Waals surface area contributed by atoms with Crippen molar-refractivity contribution in [2.75, 3.05) is 13.7 Å². The molecule has 2 aromatic carbocycles. The molecule has 2 saturated heterocycles. The highest BCUT2D eigenvalue weighted by atomic mass is 19.1. The topological polar surface area (TPSA) is 32.7 Å². The van der Waals surface area contributed by atoms with Crippen molar-refractivity contribution in [3.63, 3.8) is 0 Å². The van der Waals surface area contributed by atoms with Crippen LogP contribution < -0.4 is 4.74 Å². The van der Waals surface area contributed by atoms with Gasteiger partial charge in [0.15, 0.2) is 0 Å². The molecule has 0 radical (unpaired) electrons. The van der Waals surface area contributed by atoms with Crippen molar-refractivity contribution in [1.29, 1.82) is 0 Å². The Morgan fingerprint density at radius 2 is 1.78 bits per heavy atom. The Kier molecular flexibility index (Phi) is 5.02. The van der Waals surface area contributed by atoms with Gasteiger partial charge in [-0.3, -0.25) is 4.90 Å². The van der Waals surface area contributed by atoms with E-state index in [9.17, 15) is 9.50 Å². The summed E-state index contributed by atoms with van der Waals surface area (Å²) in [5, 5.41) is 11.2. The monoisotopic (exact) mass is 367 g/mol. The van der Waals surface area contributed by atoms with E-state index in [2.05, 4.69) is 17.1 Å².